The molecule has 4 rings (SSSR count). The normalized spacial score (nSPS) is 19.0. The van der Waals surface area contributed by atoms with Gasteiger partial charge in [0, 0.05) is 19.6 Å². The van der Waals surface area contributed by atoms with E-state index in [1.54, 1.807) is 0 Å². The van der Waals surface area contributed by atoms with Crippen molar-refractivity contribution < 1.29 is 27.7 Å². The van der Waals surface area contributed by atoms with Crippen LogP contribution < -0.4 is 18.9 Å². The predicted octanol–water partition coefficient (Wildman–Crippen LogP) is 1.84. The van der Waals surface area contributed by atoms with Crippen LogP contribution in [0.25, 0.3) is 0 Å². The van der Waals surface area contributed by atoms with E-state index in [-0.39, 0.29) is 16.6 Å². The first-order valence-corrected chi connectivity index (χ1v) is 11.5. The smallest absolute Gasteiger partial charge is 0.240 e. The first-order chi connectivity index (χ1) is 14.5. The zero-order chi connectivity index (χ0) is 21.0. The van der Waals surface area contributed by atoms with E-state index in [1.165, 1.54) is 24.3 Å². The number of nitrogens with one attached hydrogen (secondary N) is 1. The summed E-state index contributed by atoms with van der Waals surface area (Å²) in [6.07, 6.45) is 0.917. The number of nitrogens with zero attached hydrogens (tertiary/aromatic N) is 1. The first kappa shape index (κ1) is 20.8. The summed E-state index contributed by atoms with van der Waals surface area (Å²) in [7, 11) is -3.63. The van der Waals surface area contributed by atoms with Gasteiger partial charge < -0.3 is 19.3 Å². The van der Waals surface area contributed by atoms with Gasteiger partial charge >= 0.3 is 0 Å². The Balaban J connectivity index is 1.23. The van der Waals surface area contributed by atoms with Gasteiger partial charge in [-0.1, -0.05) is 12.1 Å². The van der Waals surface area contributed by atoms with Crippen LogP contribution in [-0.4, -0.2) is 64.4 Å². The molecule has 1 fully saturated rings. The second-order valence-electron chi connectivity index (χ2n) is 7.43. The highest BCUT2D eigenvalue weighted by atomic mass is 32.2. The largest absolute Gasteiger partial charge is 0.508 e. The molecule has 1 saturated heterocycles. The van der Waals surface area contributed by atoms with Gasteiger partial charge in [0.1, 0.15) is 25.6 Å². The Morgan fingerprint density at radius 3 is 2.87 bits per heavy atom. The molecule has 0 radical (unpaired) electrons. The minimum absolute atomic E-state index is 0.0680. The van der Waals surface area contributed by atoms with Crippen molar-refractivity contribution in [3.63, 3.8) is 0 Å². The molecule has 0 amide bonds. The van der Waals surface area contributed by atoms with Crippen LogP contribution in [0.5, 0.6) is 23.0 Å². The fraction of sp³-hybridized carbons (Fsp3) is 0.429. The number of ether oxygens (including phenoxy) is 3. The number of phenols is 1. The number of phenolic OH excluding ortho intramolecular Hbond substituents is 1. The fourth-order valence-electron chi connectivity index (χ4n) is 3.69. The van der Waals surface area contributed by atoms with Gasteiger partial charge in [-0.2, -0.15) is 0 Å². The minimum atomic E-state index is -3.63. The maximum atomic E-state index is 12.4. The molecule has 1 atom stereocenters. The van der Waals surface area contributed by atoms with Crippen molar-refractivity contribution in [2.75, 3.05) is 46.0 Å². The number of benzene rings is 2. The molecule has 0 aliphatic carbocycles. The predicted molar refractivity (Wildman–Crippen MR) is 111 cm³/mol. The van der Waals surface area contributed by atoms with Gasteiger partial charge in [-0.05, 0) is 49.2 Å². The van der Waals surface area contributed by atoms with E-state index in [1.807, 2.05) is 18.2 Å². The number of aromatic hydroxyl groups is 1. The second kappa shape index (κ2) is 9.11. The zero-order valence-electron chi connectivity index (χ0n) is 16.6. The maximum Gasteiger partial charge on any atom is 0.240 e. The van der Waals surface area contributed by atoms with Gasteiger partial charge in [-0.25, -0.2) is 13.1 Å². The van der Waals surface area contributed by atoms with Gasteiger partial charge in [0.2, 0.25) is 15.8 Å². The van der Waals surface area contributed by atoms with Gasteiger partial charge in [-0.15, -0.1) is 0 Å². The molecule has 2 aromatic rings. The van der Waals surface area contributed by atoms with E-state index >= 15 is 0 Å². The monoisotopic (exact) mass is 434 g/mol. The van der Waals surface area contributed by atoms with Gasteiger partial charge in [0.15, 0.2) is 11.5 Å². The molecular weight excluding hydrogens is 408 g/mol. The molecule has 0 bridgehead atoms. The summed E-state index contributed by atoms with van der Waals surface area (Å²) in [5.74, 6) is 2.21. The summed E-state index contributed by atoms with van der Waals surface area (Å²) in [4.78, 5) is 2.34. The summed E-state index contributed by atoms with van der Waals surface area (Å²) in [5.41, 5.74) is 0. The highest BCUT2D eigenvalue weighted by Gasteiger charge is 2.25. The molecule has 0 aromatic heterocycles. The number of rotatable bonds is 8. The van der Waals surface area contributed by atoms with Gasteiger partial charge in [-0.3, -0.25) is 4.90 Å². The fourth-order valence-corrected chi connectivity index (χ4v) is 4.84. The Morgan fingerprint density at radius 1 is 1.17 bits per heavy atom. The van der Waals surface area contributed by atoms with Crippen LogP contribution in [0.2, 0.25) is 0 Å². The average Bonchev–Trinajstić information content (AvgIpc) is 3.20. The number of para-hydroxylation sites is 1. The number of likely N-dealkylation sites (tertiary alicyclic amines) is 1. The zero-order valence-corrected chi connectivity index (χ0v) is 17.4. The van der Waals surface area contributed by atoms with E-state index in [0.29, 0.717) is 43.6 Å². The first-order valence-electron chi connectivity index (χ1n) is 10.0. The Bertz CT molecular complexity index is 981. The van der Waals surface area contributed by atoms with Crippen LogP contribution in [-0.2, 0) is 10.0 Å². The van der Waals surface area contributed by atoms with Crippen molar-refractivity contribution in [3.8, 4) is 23.0 Å². The lowest BCUT2D eigenvalue weighted by molar-refractivity contribution is 0.158. The molecule has 2 aromatic carbocycles. The molecule has 0 saturated carbocycles. The van der Waals surface area contributed by atoms with Crippen LogP contribution in [0.3, 0.4) is 0 Å². The van der Waals surface area contributed by atoms with Crippen molar-refractivity contribution in [2.45, 2.75) is 11.3 Å². The number of fused-ring (bicyclic) bond motifs is 1. The van der Waals surface area contributed by atoms with Crippen molar-refractivity contribution in [3.05, 3.63) is 42.5 Å². The van der Waals surface area contributed by atoms with E-state index in [2.05, 4.69) is 9.62 Å². The van der Waals surface area contributed by atoms with Crippen molar-refractivity contribution >= 4 is 10.0 Å². The third-order valence-corrected chi connectivity index (χ3v) is 6.68. The summed E-state index contributed by atoms with van der Waals surface area (Å²) >= 11 is 0. The molecule has 1 unspecified atom stereocenters. The average molecular weight is 435 g/mol. The second-order valence-corrected chi connectivity index (χ2v) is 9.20. The summed E-state index contributed by atoms with van der Waals surface area (Å²) in [6, 6.07) is 11.3. The molecule has 30 heavy (non-hydrogen) atoms. The quantitative estimate of drug-likeness (QED) is 0.654. The third-order valence-electron chi connectivity index (χ3n) is 5.26. The van der Waals surface area contributed by atoms with Crippen molar-refractivity contribution in [1.82, 2.24) is 9.62 Å². The topological polar surface area (TPSA) is 97.3 Å². The molecule has 2 heterocycles. The lowest BCUT2D eigenvalue weighted by Gasteiger charge is -2.22. The van der Waals surface area contributed by atoms with E-state index in [4.69, 9.17) is 14.2 Å². The third kappa shape index (κ3) is 4.97. The van der Waals surface area contributed by atoms with Crippen LogP contribution in [0.15, 0.2) is 47.4 Å². The molecule has 0 spiro atoms. The van der Waals surface area contributed by atoms with Crippen LogP contribution in [0.1, 0.15) is 6.42 Å². The summed E-state index contributed by atoms with van der Waals surface area (Å²) in [6.45, 7) is 4.39. The van der Waals surface area contributed by atoms with Crippen molar-refractivity contribution in [1.29, 1.82) is 0 Å². The standard InChI is InChI=1S/C21H26N2O6S/c24-17-3-1-4-18(13-17)30(25,26)22-14-16-7-8-23(15-16)9-10-27-19-5-2-6-20-21(19)29-12-11-28-20/h1-6,13,16,22,24H,7-12,14-15H2. The Kier molecular flexibility index (Phi) is 6.31. The Hall–Kier alpha value is -2.49. The lowest BCUT2D eigenvalue weighted by atomic mass is 10.1. The maximum absolute atomic E-state index is 12.4. The van der Waals surface area contributed by atoms with Crippen LogP contribution in [0.4, 0.5) is 0 Å². The molecule has 8 nitrogen and oxygen atoms in total. The molecule has 2 aliphatic heterocycles. The Morgan fingerprint density at radius 2 is 2.00 bits per heavy atom. The minimum Gasteiger partial charge on any atom is -0.508 e. The van der Waals surface area contributed by atoms with E-state index in [0.717, 1.165) is 26.1 Å². The van der Waals surface area contributed by atoms with E-state index in [9.17, 15) is 13.5 Å². The van der Waals surface area contributed by atoms with Crippen LogP contribution >= 0.6 is 0 Å². The number of hydrogen-bond acceptors (Lipinski definition) is 7. The summed E-state index contributed by atoms with van der Waals surface area (Å²) < 4.78 is 44.6. The highest BCUT2D eigenvalue weighted by molar-refractivity contribution is 7.89. The molecular formula is C21H26N2O6S. The number of hydrogen-bond donors (Lipinski definition) is 2. The van der Waals surface area contributed by atoms with Crippen LogP contribution in [0, 0.1) is 5.92 Å². The SMILES string of the molecule is O=S(=O)(NCC1CCN(CCOc2cccc3c2OCCO3)C1)c1cccc(O)c1. The molecule has 2 aliphatic rings. The van der Waals surface area contributed by atoms with Gasteiger partial charge in [0.05, 0.1) is 4.90 Å². The van der Waals surface area contributed by atoms with Crippen molar-refractivity contribution in [2.24, 2.45) is 5.92 Å². The van der Waals surface area contributed by atoms with Gasteiger partial charge in [0.25, 0.3) is 0 Å². The molecule has 162 valence electrons. The number of sulfonamides is 1. The molecule has 2 N–H and O–H groups in total. The summed E-state index contributed by atoms with van der Waals surface area (Å²) in [5, 5.41) is 9.50. The Labute approximate surface area is 176 Å². The van der Waals surface area contributed by atoms with E-state index < -0.39 is 10.0 Å². The molecule has 9 heteroatoms. The lowest BCUT2D eigenvalue weighted by Crippen LogP contribution is -2.32. The highest BCUT2D eigenvalue weighted by Crippen LogP contribution is 2.38.